The summed E-state index contributed by atoms with van der Waals surface area (Å²) in [5.41, 5.74) is 1.35. The monoisotopic (exact) mass is 290 g/mol. The van der Waals surface area contributed by atoms with Crippen LogP contribution in [0.25, 0.3) is 0 Å². The minimum Gasteiger partial charge on any atom is -0.469 e. The van der Waals surface area contributed by atoms with Gasteiger partial charge in [-0.15, -0.1) is 11.6 Å². The Morgan fingerprint density at radius 3 is 2.87 bits per heavy atom. The lowest BCUT2D eigenvalue weighted by Crippen LogP contribution is -2.35. The number of furan rings is 1. The zero-order chi connectivity index (χ0) is 11.1. The van der Waals surface area contributed by atoms with E-state index >= 15 is 0 Å². The first-order chi connectivity index (χ1) is 7.00. The molecule has 1 heterocycles. The maximum atomic E-state index is 6.42. The van der Waals surface area contributed by atoms with Gasteiger partial charge in [0.05, 0.1) is 11.1 Å². The standard InChI is InChI=1S/C12H16BrClO/c1-8-10(4-6-15-8)9-3-5-12(2,14)11(13)7-9/h4,6,9,11H,3,5,7H2,1-2H3/t9-,11-,12+/m1/s1. The van der Waals surface area contributed by atoms with Crippen LogP contribution in [0, 0.1) is 6.92 Å². The summed E-state index contributed by atoms with van der Waals surface area (Å²) in [6.07, 6.45) is 5.09. The average molecular weight is 292 g/mol. The van der Waals surface area contributed by atoms with E-state index in [1.807, 2.05) is 6.92 Å². The molecule has 84 valence electrons. The lowest BCUT2D eigenvalue weighted by molar-refractivity contribution is 0.383. The van der Waals surface area contributed by atoms with E-state index < -0.39 is 0 Å². The van der Waals surface area contributed by atoms with Gasteiger partial charge in [0.25, 0.3) is 0 Å². The molecule has 1 aliphatic rings. The normalized spacial score (nSPS) is 36.8. The van der Waals surface area contributed by atoms with E-state index in [2.05, 4.69) is 28.9 Å². The van der Waals surface area contributed by atoms with Crippen molar-refractivity contribution in [3.8, 4) is 0 Å². The van der Waals surface area contributed by atoms with Gasteiger partial charge in [0.1, 0.15) is 5.76 Å². The predicted octanol–water partition coefficient (Wildman–Crippen LogP) is 4.62. The fraction of sp³-hybridized carbons (Fsp3) is 0.667. The molecule has 0 radical (unpaired) electrons. The Hall–Kier alpha value is 0.0500. The second kappa shape index (κ2) is 4.14. The van der Waals surface area contributed by atoms with Crippen LogP contribution in [0.1, 0.15) is 43.4 Å². The molecule has 0 saturated heterocycles. The second-order valence-electron chi connectivity index (χ2n) is 4.65. The molecule has 1 aliphatic carbocycles. The van der Waals surface area contributed by atoms with E-state index in [0.29, 0.717) is 10.7 Å². The van der Waals surface area contributed by atoms with Gasteiger partial charge in [-0.25, -0.2) is 0 Å². The van der Waals surface area contributed by atoms with Gasteiger partial charge in [-0.2, -0.15) is 0 Å². The minimum atomic E-state index is -0.0891. The van der Waals surface area contributed by atoms with Crippen LogP contribution in [0.4, 0.5) is 0 Å². The van der Waals surface area contributed by atoms with Gasteiger partial charge in [0.15, 0.2) is 0 Å². The lowest BCUT2D eigenvalue weighted by atomic mass is 9.79. The van der Waals surface area contributed by atoms with Crippen LogP contribution in [0.2, 0.25) is 0 Å². The predicted molar refractivity (Wildman–Crippen MR) is 67.0 cm³/mol. The highest BCUT2D eigenvalue weighted by Crippen LogP contribution is 2.45. The zero-order valence-corrected chi connectivity index (χ0v) is 11.4. The van der Waals surface area contributed by atoms with Crippen molar-refractivity contribution in [2.45, 2.75) is 48.7 Å². The Kier molecular flexibility index (Phi) is 3.18. The van der Waals surface area contributed by atoms with E-state index in [4.69, 9.17) is 16.0 Å². The summed E-state index contributed by atoms with van der Waals surface area (Å²) >= 11 is 10.1. The van der Waals surface area contributed by atoms with Crippen molar-refractivity contribution in [1.82, 2.24) is 0 Å². The number of hydrogen-bond donors (Lipinski definition) is 0. The third-order valence-electron chi connectivity index (χ3n) is 3.46. The van der Waals surface area contributed by atoms with Crippen molar-refractivity contribution in [1.29, 1.82) is 0 Å². The lowest BCUT2D eigenvalue weighted by Gasteiger charge is -2.37. The number of alkyl halides is 2. The van der Waals surface area contributed by atoms with E-state index in [1.54, 1.807) is 6.26 Å². The van der Waals surface area contributed by atoms with Gasteiger partial charge in [0.2, 0.25) is 0 Å². The average Bonchev–Trinajstić information content (AvgIpc) is 2.57. The van der Waals surface area contributed by atoms with Crippen LogP contribution in [0.15, 0.2) is 16.7 Å². The maximum absolute atomic E-state index is 6.42. The van der Waals surface area contributed by atoms with Crippen molar-refractivity contribution in [3.05, 3.63) is 23.7 Å². The molecule has 0 amide bonds. The Bertz CT molecular complexity index is 345. The van der Waals surface area contributed by atoms with Crippen LogP contribution >= 0.6 is 27.5 Å². The highest BCUT2D eigenvalue weighted by Gasteiger charge is 2.37. The smallest absolute Gasteiger partial charge is 0.104 e. The summed E-state index contributed by atoms with van der Waals surface area (Å²) in [4.78, 5) is 0.299. The molecule has 0 aliphatic heterocycles. The maximum Gasteiger partial charge on any atom is 0.104 e. The first-order valence-corrected chi connectivity index (χ1v) is 6.67. The van der Waals surface area contributed by atoms with Crippen molar-refractivity contribution in [2.24, 2.45) is 0 Å². The molecule has 1 fully saturated rings. The van der Waals surface area contributed by atoms with Gasteiger partial charge in [0, 0.05) is 4.83 Å². The molecule has 0 N–H and O–H groups in total. The molecule has 0 spiro atoms. The zero-order valence-electron chi connectivity index (χ0n) is 9.09. The van der Waals surface area contributed by atoms with Crippen molar-refractivity contribution in [2.75, 3.05) is 0 Å². The SMILES string of the molecule is Cc1occc1[C@@H]1CC[C@](C)(Cl)[C@H](Br)C1. The second-order valence-corrected chi connectivity index (χ2v) is 6.62. The van der Waals surface area contributed by atoms with E-state index in [-0.39, 0.29) is 4.87 Å². The number of aryl methyl sites for hydroxylation is 1. The summed E-state index contributed by atoms with van der Waals surface area (Å²) < 4.78 is 5.36. The van der Waals surface area contributed by atoms with Gasteiger partial charge < -0.3 is 4.42 Å². The third-order valence-corrected chi connectivity index (χ3v) is 5.57. The topological polar surface area (TPSA) is 13.1 Å². The summed E-state index contributed by atoms with van der Waals surface area (Å²) in [7, 11) is 0. The largest absolute Gasteiger partial charge is 0.469 e. The first kappa shape index (κ1) is 11.5. The molecular formula is C12H16BrClO. The molecule has 1 saturated carbocycles. The summed E-state index contributed by atoms with van der Waals surface area (Å²) in [5.74, 6) is 1.65. The van der Waals surface area contributed by atoms with Gasteiger partial charge in [-0.05, 0) is 50.7 Å². The minimum absolute atomic E-state index is 0.0891. The molecule has 1 aromatic rings. The molecule has 15 heavy (non-hydrogen) atoms. The van der Waals surface area contributed by atoms with Gasteiger partial charge in [-0.1, -0.05) is 15.9 Å². The van der Waals surface area contributed by atoms with Gasteiger partial charge >= 0.3 is 0 Å². The van der Waals surface area contributed by atoms with E-state index in [1.165, 1.54) is 5.56 Å². The molecule has 0 bridgehead atoms. The van der Waals surface area contributed by atoms with Crippen molar-refractivity contribution >= 4 is 27.5 Å². The third kappa shape index (κ3) is 2.26. The van der Waals surface area contributed by atoms with Crippen molar-refractivity contribution in [3.63, 3.8) is 0 Å². The molecule has 3 heteroatoms. The highest BCUT2D eigenvalue weighted by molar-refractivity contribution is 9.09. The Morgan fingerprint density at radius 2 is 2.33 bits per heavy atom. The Balaban J connectivity index is 2.13. The van der Waals surface area contributed by atoms with Crippen LogP contribution in [0.3, 0.4) is 0 Å². The number of rotatable bonds is 1. The molecule has 3 atom stereocenters. The number of hydrogen-bond acceptors (Lipinski definition) is 1. The summed E-state index contributed by atoms with van der Waals surface area (Å²) in [6, 6.07) is 2.09. The molecule has 1 nitrogen and oxygen atoms in total. The van der Waals surface area contributed by atoms with Gasteiger partial charge in [-0.3, -0.25) is 0 Å². The first-order valence-electron chi connectivity index (χ1n) is 5.37. The van der Waals surface area contributed by atoms with Crippen LogP contribution in [-0.2, 0) is 0 Å². The van der Waals surface area contributed by atoms with Crippen LogP contribution < -0.4 is 0 Å². The fourth-order valence-corrected chi connectivity index (χ4v) is 3.21. The molecule has 0 unspecified atom stereocenters. The Morgan fingerprint density at radius 1 is 1.60 bits per heavy atom. The van der Waals surface area contributed by atoms with E-state index in [9.17, 15) is 0 Å². The molecule has 0 aromatic carbocycles. The van der Waals surface area contributed by atoms with Crippen molar-refractivity contribution < 1.29 is 4.42 Å². The van der Waals surface area contributed by atoms with E-state index in [0.717, 1.165) is 25.0 Å². The fourth-order valence-electron chi connectivity index (χ4n) is 2.33. The quantitative estimate of drug-likeness (QED) is 0.688. The Labute approximate surface area is 104 Å². The highest BCUT2D eigenvalue weighted by atomic mass is 79.9. The van der Waals surface area contributed by atoms with Crippen LogP contribution in [-0.4, -0.2) is 9.70 Å². The summed E-state index contributed by atoms with van der Waals surface area (Å²) in [6.45, 7) is 4.15. The molecule has 2 rings (SSSR count). The molecule has 1 aromatic heterocycles. The molecular weight excluding hydrogens is 275 g/mol. The summed E-state index contributed by atoms with van der Waals surface area (Å²) in [5, 5.41) is 0. The van der Waals surface area contributed by atoms with Crippen LogP contribution in [0.5, 0.6) is 0 Å². The number of halogens is 2.